The van der Waals surface area contributed by atoms with E-state index in [4.69, 9.17) is 13.9 Å². The number of para-hydroxylation sites is 1. The number of aromatic hydroxyl groups is 1. The molecule has 2 aliphatic heterocycles. The summed E-state index contributed by atoms with van der Waals surface area (Å²) in [6.45, 7) is 3.16. The smallest absolute Gasteiger partial charge is 0.336 e. The van der Waals surface area contributed by atoms with Crippen LogP contribution in [0.1, 0.15) is 46.3 Å². The number of hydrogen-bond acceptors (Lipinski definition) is 7. The zero-order valence-corrected chi connectivity index (χ0v) is 16.9. The molecular formula is C24H18O7. The monoisotopic (exact) mass is 418 g/mol. The number of fused-ring (bicyclic) bond motifs is 4. The first-order valence-corrected chi connectivity index (χ1v) is 9.82. The van der Waals surface area contributed by atoms with Crippen LogP contribution in [0.3, 0.4) is 0 Å². The number of esters is 1. The van der Waals surface area contributed by atoms with E-state index in [1.54, 1.807) is 6.92 Å². The lowest BCUT2D eigenvalue weighted by Gasteiger charge is -2.30. The number of carbonyl (C=O) groups excluding carboxylic acids is 2. The highest BCUT2D eigenvalue weighted by molar-refractivity contribution is 6.09. The van der Waals surface area contributed by atoms with Gasteiger partial charge in [-0.2, -0.15) is 0 Å². The molecule has 0 spiro atoms. The van der Waals surface area contributed by atoms with Gasteiger partial charge in [-0.25, -0.2) is 4.79 Å². The second-order valence-electron chi connectivity index (χ2n) is 7.75. The molecule has 156 valence electrons. The Morgan fingerprint density at radius 2 is 1.97 bits per heavy atom. The van der Waals surface area contributed by atoms with E-state index in [2.05, 4.69) is 0 Å². The molecule has 7 heteroatoms. The number of phenolic OH excluding ortho intramolecular Hbond substituents is 1. The van der Waals surface area contributed by atoms with Crippen molar-refractivity contribution in [2.24, 2.45) is 0 Å². The molecule has 0 fully saturated rings. The van der Waals surface area contributed by atoms with Gasteiger partial charge in [0.05, 0.1) is 11.8 Å². The maximum Gasteiger partial charge on any atom is 0.336 e. The molecule has 5 rings (SSSR count). The van der Waals surface area contributed by atoms with Crippen molar-refractivity contribution in [1.29, 1.82) is 0 Å². The molecule has 0 saturated carbocycles. The maximum atomic E-state index is 12.5. The number of benzene rings is 2. The minimum atomic E-state index is -0.600. The number of hydrogen-bond donors (Lipinski definition) is 1. The average Bonchev–Trinajstić information content (AvgIpc) is 2.71. The van der Waals surface area contributed by atoms with E-state index < -0.39 is 23.3 Å². The molecule has 1 atom stereocenters. The summed E-state index contributed by atoms with van der Waals surface area (Å²) in [6.07, 6.45) is 1.92. The van der Waals surface area contributed by atoms with Crippen molar-refractivity contribution in [3.8, 4) is 17.2 Å². The highest BCUT2D eigenvalue weighted by Crippen LogP contribution is 2.50. The fraction of sp³-hybridized carbons (Fsp3) is 0.208. The van der Waals surface area contributed by atoms with Gasteiger partial charge in [0.2, 0.25) is 0 Å². The van der Waals surface area contributed by atoms with Gasteiger partial charge in [0.1, 0.15) is 29.3 Å². The third kappa shape index (κ3) is 2.92. The van der Waals surface area contributed by atoms with Crippen molar-refractivity contribution in [2.75, 3.05) is 6.61 Å². The number of carbonyl (C=O) groups is 2. The fourth-order valence-electron chi connectivity index (χ4n) is 4.39. The first-order chi connectivity index (χ1) is 14.8. The molecule has 3 heterocycles. The van der Waals surface area contributed by atoms with Crippen LogP contribution in [-0.4, -0.2) is 23.5 Å². The van der Waals surface area contributed by atoms with Crippen molar-refractivity contribution in [2.45, 2.75) is 26.2 Å². The van der Waals surface area contributed by atoms with Crippen LogP contribution in [0.2, 0.25) is 0 Å². The fourth-order valence-corrected chi connectivity index (χ4v) is 4.39. The second kappa shape index (κ2) is 6.84. The summed E-state index contributed by atoms with van der Waals surface area (Å²) >= 11 is 0. The van der Waals surface area contributed by atoms with Gasteiger partial charge >= 0.3 is 11.6 Å². The maximum absolute atomic E-state index is 12.5. The van der Waals surface area contributed by atoms with Crippen LogP contribution in [0, 0.1) is 6.92 Å². The molecule has 3 aromatic rings. The molecule has 0 unspecified atom stereocenters. The van der Waals surface area contributed by atoms with E-state index >= 15 is 0 Å². The minimum absolute atomic E-state index is 0.0147. The van der Waals surface area contributed by atoms with E-state index in [0.717, 1.165) is 16.9 Å². The Bertz CT molecular complexity index is 1380. The van der Waals surface area contributed by atoms with Gasteiger partial charge in [0, 0.05) is 23.1 Å². The van der Waals surface area contributed by atoms with Crippen LogP contribution in [0.4, 0.5) is 0 Å². The van der Waals surface area contributed by atoms with Gasteiger partial charge in [0.15, 0.2) is 11.5 Å². The van der Waals surface area contributed by atoms with Gasteiger partial charge in [-0.15, -0.1) is 0 Å². The summed E-state index contributed by atoms with van der Waals surface area (Å²) in [5.74, 6) is -1.26. The highest BCUT2D eigenvalue weighted by atomic mass is 16.5. The molecular weight excluding hydrogens is 400 g/mol. The van der Waals surface area contributed by atoms with E-state index in [1.165, 1.54) is 13.0 Å². The molecule has 0 saturated heterocycles. The predicted molar refractivity (Wildman–Crippen MR) is 112 cm³/mol. The Kier molecular flexibility index (Phi) is 4.22. The summed E-state index contributed by atoms with van der Waals surface area (Å²) in [5, 5.41) is 11.1. The van der Waals surface area contributed by atoms with Crippen molar-refractivity contribution in [3.05, 3.63) is 68.6 Å². The third-order valence-corrected chi connectivity index (χ3v) is 5.74. The van der Waals surface area contributed by atoms with Crippen molar-refractivity contribution >= 4 is 28.8 Å². The summed E-state index contributed by atoms with van der Waals surface area (Å²) in [7, 11) is 0. The molecule has 31 heavy (non-hydrogen) atoms. The van der Waals surface area contributed by atoms with Crippen LogP contribution in [0.15, 0.2) is 45.1 Å². The number of rotatable bonds is 2. The summed E-state index contributed by atoms with van der Waals surface area (Å²) in [5.41, 5.74) is 1.91. The topological polar surface area (TPSA) is 103 Å². The Balaban J connectivity index is 1.86. The molecule has 1 N–H and O–H groups in total. The third-order valence-electron chi connectivity index (χ3n) is 5.74. The lowest BCUT2D eigenvalue weighted by atomic mass is 9.81. The first-order valence-electron chi connectivity index (χ1n) is 9.82. The van der Waals surface area contributed by atoms with Crippen molar-refractivity contribution in [1.82, 2.24) is 0 Å². The number of ketones is 1. The normalized spacial score (nSPS) is 17.3. The second-order valence-corrected chi connectivity index (χ2v) is 7.75. The standard InChI is InChI=1S/C24H18O7/c1-11-7-17(26)30-23-19(11)22(28)20(12(2)25)24-21(23)15(9-18(27)31-24)14-8-13-5-3-4-6-16(13)29-10-14/h3-8,15,28H,9-10H2,1-2H3/t15-/m0/s1. The molecule has 2 aromatic carbocycles. The Morgan fingerprint density at radius 1 is 1.19 bits per heavy atom. The van der Waals surface area contributed by atoms with Crippen molar-refractivity contribution < 1.29 is 28.6 Å². The van der Waals surface area contributed by atoms with E-state index in [0.29, 0.717) is 11.1 Å². The molecule has 0 amide bonds. The average molecular weight is 418 g/mol. The van der Waals surface area contributed by atoms with E-state index in [9.17, 15) is 19.5 Å². The zero-order chi connectivity index (χ0) is 21.9. The molecule has 0 bridgehead atoms. The minimum Gasteiger partial charge on any atom is -0.506 e. The molecule has 2 aliphatic rings. The first kappa shape index (κ1) is 19.1. The SMILES string of the molecule is CC(=O)c1c2c(c3oc(=O)cc(C)c3c1O)[C@H](C1=Cc3ccccc3OC1)CC(=O)O2. The molecule has 0 aliphatic carbocycles. The number of aryl methyl sites for hydroxylation is 1. The summed E-state index contributed by atoms with van der Waals surface area (Å²) < 4.78 is 16.8. The highest BCUT2D eigenvalue weighted by Gasteiger charge is 2.38. The van der Waals surface area contributed by atoms with E-state index in [1.807, 2.05) is 30.3 Å². The Hall–Kier alpha value is -3.87. The van der Waals surface area contributed by atoms with Gasteiger partial charge in [-0.1, -0.05) is 18.2 Å². The van der Waals surface area contributed by atoms with Gasteiger partial charge in [0.25, 0.3) is 0 Å². The van der Waals surface area contributed by atoms with Gasteiger partial charge < -0.3 is 19.0 Å². The zero-order valence-electron chi connectivity index (χ0n) is 16.9. The molecule has 7 nitrogen and oxygen atoms in total. The summed E-state index contributed by atoms with van der Waals surface area (Å²) in [6, 6.07) is 8.76. The number of Topliss-reactive ketones (excluding diaryl/α,β-unsaturated/α-hetero) is 1. The predicted octanol–water partition coefficient (Wildman–Crippen LogP) is 3.88. The quantitative estimate of drug-likeness (QED) is 0.292. The van der Waals surface area contributed by atoms with Crippen molar-refractivity contribution in [3.63, 3.8) is 0 Å². The largest absolute Gasteiger partial charge is 0.506 e. The summed E-state index contributed by atoms with van der Waals surface area (Å²) in [4.78, 5) is 37.1. The lowest BCUT2D eigenvalue weighted by Crippen LogP contribution is -2.26. The Labute approximate surface area is 176 Å². The van der Waals surface area contributed by atoms with Crippen LogP contribution < -0.4 is 15.1 Å². The number of ether oxygens (including phenoxy) is 2. The lowest BCUT2D eigenvalue weighted by molar-refractivity contribution is -0.135. The van der Waals surface area contributed by atoms with Crippen LogP contribution >= 0.6 is 0 Å². The van der Waals surface area contributed by atoms with Crippen LogP contribution in [0.5, 0.6) is 17.2 Å². The van der Waals surface area contributed by atoms with Gasteiger partial charge in [-0.05, 0) is 37.1 Å². The number of phenols is 1. The Morgan fingerprint density at radius 3 is 2.74 bits per heavy atom. The van der Waals surface area contributed by atoms with Crippen LogP contribution in [0.25, 0.3) is 17.0 Å². The van der Waals surface area contributed by atoms with E-state index in [-0.39, 0.29) is 41.1 Å². The molecule has 1 aromatic heterocycles. The van der Waals surface area contributed by atoms with Gasteiger partial charge in [-0.3, -0.25) is 9.59 Å². The van der Waals surface area contributed by atoms with Crippen LogP contribution in [-0.2, 0) is 4.79 Å². The molecule has 0 radical (unpaired) electrons.